The van der Waals surface area contributed by atoms with Gasteiger partial charge in [-0.1, -0.05) is 59.8 Å². The summed E-state index contributed by atoms with van der Waals surface area (Å²) in [6.45, 7) is 1.70. The Kier molecular flexibility index (Phi) is 5.59. The number of oxime groups is 1. The van der Waals surface area contributed by atoms with Gasteiger partial charge in [0.25, 0.3) is 0 Å². The standard InChI is InChI=1S/C22H16F3NO2/c1-15(19-9-5-6-10-20(19)16-7-3-2-4-8-16)26-28-21(27)17-11-13-18(14-12-17)22(23,24)25/h2-14H,1H3/b26-15+. The van der Waals surface area contributed by atoms with Gasteiger partial charge in [0.05, 0.1) is 16.8 Å². The molecule has 0 aromatic heterocycles. The summed E-state index contributed by atoms with van der Waals surface area (Å²) in [7, 11) is 0. The summed E-state index contributed by atoms with van der Waals surface area (Å²) in [5.74, 6) is -0.828. The van der Waals surface area contributed by atoms with Crippen molar-refractivity contribution < 1.29 is 22.8 Å². The van der Waals surface area contributed by atoms with Crippen LogP contribution in [-0.2, 0) is 11.0 Å². The molecule has 142 valence electrons. The average Bonchev–Trinajstić information content (AvgIpc) is 2.72. The van der Waals surface area contributed by atoms with Gasteiger partial charge in [-0.25, -0.2) is 4.79 Å². The van der Waals surface area contributed by atoms with Crippen LogP contribution >= 0.6 is 0 Å². The van der Waals surface area contributed by atoms with Crippen molar-refractivity contribution in [3.05, 3.63) is 95.6 Å². The first-order valence-electron chi connectivity index (χ1n) is 8.44. The maximum absolute atomic E-state index is 12.6. The Morgan fingerprint density at radius 1 is 0.857 bits per heavy atom. The second kappa shape index (κ2) is 8.08. The number of hydrogen-bond donors (Lipinski definition) is 0. The Labute approximate surface area is 160 Å². The van der Waals surface area contributed by atoms with Crippen LogP contribution in [0.1, 0.15) is 28.4 Å². The molecule has 0 saturated carbocycles. The lowest BCUT2D eigenvalue weighted by Gasteiger charge is -2.09. The monoisotopic (exact) mass is 383 g/mol. The maximum Gasteiger partial charge on any atom is 0.416 e. The van der Waals surface area contributed by atoms with Gasteiger partial charge in [-0.2, -0.15) is 13.2 Å². The van der Waals surface area contributed by atoms with Crippen LogP contribution in [0.2, 0.25) is 0 Å². The van der Waals surface area contributed by atoms with E-state index in [4.69, 9.17) is 4.84 Å². The highest BCUT2D eigenvalue weighted by molar-refractivity contribution is 6.04. The van der Waals surface area contributed by atoms with Crippen LogP contribution in [0.15, 0.2) is 84.0 Å². The van der Waals surface area contributed by atoms with E-state index in [0.717, 1.165) is 41.0 Å². The molecule has 3 rings (SSSR count). The van der Waals surface area contributed by atoms with Gasteiger partial charge in [0.1, 0.15) is 0 Å². The average molecular weight is 383 g/mol. The first-order chi connectivity index (χ1) is 13.4. The summed E-state index contributed by atoms with van der Waals surface area (Å²) in [6, 6.07) is 21.0. The molecule has 0 atom stereocenters. The van der Waals surface area contributed by atoms with Crippen molar-refractivity contribution in [3.63, 3.8) is 0 Å². The molecular weight excluding hydrogens is 367 g/mol. The van der Waals surface area contributed by atoms with E-state index in [1.807, 2.05) is 54.6 Å². The SMILES string of the molecule is C/C(=N\OC(=O)c1ccc(C(F)(F)F)cc1)c1ccccc1-c1ccccc1. The van der Waals surface area contributed by atoms with Crippen molar-refractivity contribution in [2.75, 3.05) is 0 Å². The van der Waals surface area contributed by atoms with Crippen LogP contribution in [-0.4, -0.2) is 11.7 Å². The zero-order chi connectivity index (χ0) is 20.1. The molecule has 0 aliphatic carbocycles. The van der Waals surface area contributed by atoms with Crippen molar-refractivity contribution in [2.45, 2.75) is 13.1 Å². The predicted molar refractivity (Wildman–Crippen MR) is 101 cm³/mol. The van der Waals surface area contributed by atoms with Crippen LogP contribution in [0.5, 0.6) is 0 Å². The Morgan fingerprint density at radius 3 is 2.11 bits per heavy atom. The van der Waals surface area contributed by atoms with Crippen LogP contribution in [0, 0.1) is 0 Å². The smallest absolute Gasteiger partial charge is 0.313 e. The molecule has 0 amide bonds. The van der Waals surface area contributed by atoms with E-state index in [0.29, 0.717) is 5.71 Å². The molecule has 0 heterocycles. The molecule has 0 saturated heterocycles. The molecule has 0 unspecified atom stereocenters. The zero-order valence-corrected chi connectivity index (χ0v) is 14.9. The largest absolute Gasteiger partial charge is 0.416 e. The van der Waals surface area contributed by atoms with Crippen LogP contribution in [0.25, 0.3) is 11.1 Å². The normalized spacial score (nSPS) is 11.9. The third-order valence-electron chi connectivity index (χ3n) is 4.12. The summed E-state index contributed by atoms with van der Waals surface area (Å²) >= 11 is 0. The van der Waals surface area contributed by atoms with Crippen molar-refractivity contribution >= 4 is 11.7 Å². The molecule has 0 bridgehead atoms. The Bertz CT molecular complexity index is 994. The number of hydrogen-bond acceptors (Lipinski definition) is 3. The number of carbonyl (C=O) groups is 1. The lowest BCUT2D eigenvalue weighted by atomic mass is 9.97. The topological polar surface area (TPSA) is 38.7 Å². The highest BCUT2D eigenvalue weighted by Crippen LogP contribution is 2.29. The Hall–Kier alpha value is -3.41. The number of benzene rings is 3. The predicted octanol–water partition coefficient (Wildman–Crippen LogP) is 5.95. The van der Waals surface area contributed by atoms with Crippen molar-refractivity contribution in [3.8, 4) is 11.1 Å². The highest BCUT2D eigenvalue weighted by atomic mass is 19.4. The molecule has 3 aromatic rings. The van der Waals surface area contributed by atoms with Gasteiger partial charge in [-0.15, -0.1) is 0 Å². The summed E-state index contributed by atoms with van der Waals surface area (Å²) in [5, 5.41) is 3.87. The summed E-state index contributed by atoms with van der Waals surface area (Å²) in [5.41, 5.74) is 2.33. The minimum absolute atomic E-state index is 0.0131. The third-order valence-corrected chi connectivity index (χ3v) is 4.12. The van der Waals surface area contributed by atoms with E-state index < -0.39 is 17.7 Å². The van der Waals surface area contributed by atoms with Gasteiger partial charge in [-0.05, 0) is 42.3 Å². The number of rotatable bonds is 4. The van der Waals surface area contributed by atoms with E-state index in [9.17, 15) is 18.0 Å². The quantitative estimate of drug-likeness (QED) is 0.317. The van der Waals surface area contributed by atoms with Crippen molar-refractivity contribution in [2.24, 2.45) is 5.16 Å². The van der Waals surface area contributed by atoms with Crippen LogP contribution in [0.4, 0.5) is 13.2 Å². The Morgan fingerprint density at radius 2 is 1.46 bits per heavy atom. The molecule has 6 heteroatoms. The fourth-order valence-corrected chi connectivity index (χ4v) is 2.68. The summed E-state index contributed by atoms with van der Waals surface area (Å²) in [6.07, 6.45) is -4.46. The molecule has 0 spiro atoms. The fourth-order valence-electron chi connectivity index (χ4n) is 2.68. The molecule has 0 N–H and O–H groups in total. The van der Waals surface area contributed by atoms with E-state index >= 15 is 0 Å². The van der Waals surface area contributed by atoms with Gasteiger partial charge in [-0.3, -0.25) is 0 Å². The first-order valence-corrected chi connectivity index (χ1v) is 8.44. The number of alkyl halides is 3. The van der Waals surface area contributed by atoms with Gasteiger partial charge >= 0.3 is 12.1 Å². The number of halogens is 3. The fraction of sp³-hybridized carbons (Fsp3) is 0.0909. The number of carbonyl (C=O) groups excluding carboxylic acids is 1. The van der Waals surface area contributed by atoms with Crippen LogP contribution in [0.3, 0.4) is 0 Å². The third kappa shape index (κ3) is 4.46. The zero-order valence-electron chi connectivity index (χ0n) is 14.9. The van der Waals surface area contributed by atoms with Crippen molar-refractivity contribution in [1.82, 2.24) is 0 Å². The molecule has 28 heavy (non-hydrogen) atoms. The van der Waals surface area contributed by atoms with Gasteiger partial charge in [0, 0.05) is 5.56 Å². The lowest BCUT2D eigenvalue weighted by Crippen LogP contribution is -2.07. The molecule has 0 fully saturated rings. The van der Waals surface area contributed by atoms with E-state index in [1.54, 1.807) is 6.92 Å². The van der Waals surface area contributed by atoms with Gasteiger partial charge < -0.3 is 4.84 Å². The summed E-state index contributed by atoms with van der Waals surface area (Å²) < 4.78 is 37.8. The van der Waals surface area contributed by atoms with Crippen molar-refractivity contribution in [1.29, 1.82) is 0 Å². The maximum atomic E-state index is 12.6. The molecule has 0 radical (unpaired) electrons. The minimum atomic E-state index is -4.46. The van der Waals surface area contributed by atoms with E-state index in [1.165, 1.54) is 0 Å². The molecule has 3 nitrogen and oxygen atoms in total. The molecule has 3 aromatic carbocycles. The van der Waals surface area contributed by atoms with Gasteiger partial charge in [0.2, 0.25) is 0 Å². The van der Waals surface area contributed by atoms with Gasteiger partial charge in [0.15, 0.2) is 0 Å². The summed E-state index contributed by atoms with van der Waals surface area (Å²) in [4.78, 5) is 17.0. The lowest BCUT2D eigenvalue weighted by molar-refractivity contribution is -0.137. The minimum Gasteiger partial charge on any atom is -0.313 e. The van der Waals surface area contributed by atoms with E-state index in [-0.39, 0.29) is 5.56 Å². The molecule has 0 aliphatic rings. The Balaban J connectivity index is 1.79. The first kappa shape index (κ1) is 19.4. The molecular formula is C22H16F3NO2. The van der Waals surface area contributed by atoms with E-state index in [2.05, 4.69) is 5.16 Å². The number of nitrogens with zero attached hydrogens (tertiary/aromatic N) is 1. The second-order valence-corrected chi connectivity index (χ2v) is 6.04. The van der Waals surface area contributed by atoms with Crippen LogP contribution < -0.4 is 0 Å². The molecule has 0 aliphatic heterocycles. The second-order valence-electron chi connectivity index (χ2n) is 6.04. The highest BCUT2D eigenvalue weighted by Gasteiger charge is 2.30.